The van der Waals surface area contributed by atoms with Crippen molar-refractivity contribution in [1.82, 2.24) is 9.88 Å². The van der Waals surface area contributed by atoms with Crippen LogP contribution in [0.3, 0.4) is 0 Å². The Labute approximate surface area is 141 Å². The number of nitrogens with zero attached hydrogens (tertiary/aromatic N) is 2. The number of carbonyl (C=O) groups is 1. The van der Waals surface area contributed by atoms with Gasteiger partial charge >= 0.3 is 6.09 Å². The molecular weight excluding hydrogens is 300 g/mol. The van der Waals surface area contributed by atoms with Crippen LogP contribution in [0.5, 0.6) is 0 Å². The maximum Gasteiger partial charge on any atom is 0.410 e. The molecule has 4 rings (SSSR count). The van der Waals surface area contributed by atoms with Gasteiger partial charge in [-0.2, -0.15) is 0 Å². The van der Waals surface area contributed by atoms with E-state index in [0.29, 0.717) is 6.61 Å². The number of aromatic nitrogens is 1. The number of carbonyl (C=O) groups excluding carboxylic acids is 1. The van der Waals surface area contributed by atoms with Crippen LogP contribution in [0.2, 0.25) is 0 Å². The fraction of sp³-hybridized carbons (Fsp3) is 0.300. The summed E-state index contributed by atoms with van der Waals surface area (Å²) in [5, 5.41) is 0. The van der Waals surface area contributed by atoms with Gasteiger partial charge in [0.2, 0.25) is 0 Å². The van der Waals surface area contributed by atoms with E-state index in [1.54, 1.807) is 6.20 Å². The summed E-state index contributed by atoms with van der Waals surface area (Å²) in [4.78, 5) is 18.7. The molecule has 2 unspecified atom stereocenters. The summed E-state index contributed by atoms with van der Waals surface area (Å²) < 4.78 is 5.53. The molecule has 0 radical (unpaired) electrons. The predicted octanol–water partition coefficient (Wildman–Crippen LogP) is 4.04. The quantitative estimate of drug-likeness (QED) is 0.857. The summed E-state index contributed by atoms with van der Waals surface area (Å²) in [7, 11) is 0. The van der Waals surface area contributed by atoms with Crippen LogP contribution in [-0.4, -0.2) is 28.1 Å². The van der Waals surface area contributed by atoms with Crippen molar-refractivity contribution in [3.63, 3.8) is 0 Å². The van der Waals surface area contributed by atoms with Gasteiger partial charge in [0, 0.05) is 18.4 Å². The van der Waals surface area contributed by atoms with Gasteiger partial charge in [-0.05, 0) is 42.0 Å². The summed E-state index contributed by atoms with van der Waals surface area (Å²) in [6, 6.07) is 14.2. The van der Waals surface area contributed by atoms with Crippen LogP contribution >= 0.6 is 0 Å². The Morgan fingerprint density at radius 3 is 2.79 bits per heavy atom. The van der Waals surface area contributed by atoms with E-state index in [2.05, 4.69) is 17.1 Å². The largest absolute Gasteiger partial charge is 0.445 e. The standard InChI is InChI=1S/C20H20N2O2/c23-20(24-14-15-5-2-1-3-6-15)22-18-8-9-19(22)12-17(11-18)16-7-4-10-21-13-16/h1-7,10-11,13,18-19H,8-9,12,14H2. The minimum atomic E-state index is -0.201. The predicted molar refractivity (Wildman–Crippen MR) is 92.1 cm³/mol. The van der Waals surface area contributed by atoms with E-state index in [1.807, 2.05) is 47.5 Å². The molecule has 1 aromatic heterocycles. The summed E-state index contributed by atoms with van der Waals surface area (Å²) in [5.41, 5.74) is 3.47. The molecule has 2 aromatic rings. The maximum atomic E-state index is 12.5. The van der Waals surface area contributed by atoms with Gasteiger partial charge in [0.05, 0.1) is 6.04 Å². The van der Waals surface area contributed by atoms with Crippen molar-refractivity contribution in [2.75, 3.05) is 0 Å². The van der Waals surface area contributed by atoms with Gasteiger partial charge in [-0.3, -0.25) is 9.88 Å². The molecule has 122 valence electrons. The zero-order valence-corrected chi connectivity index (χ0v) is 13.5. The van der Waals surface area contributed by atoms with Crippen LogP contribution < -0.4 is 0 Å². The smallest absolute Gasteiger partial charge is 0.410 e. The third-order valence-electron chi connectivity index (χ3n) is 4.84. The number of pyridine rings is 1. The molecule has 2 bridgehead atoms. The van der Waals surface area contributed by atoms with Gasteiger partial charge in [-0.15, -0.1) is 0 Å². The fourth-order valence-electron chi connectivity index (χ4n) is 3.68. The average molecular weight is 320 g/mol. The first-order chi connectivity index (χ1) is 11.8. The van der Waals surface area contributed by atoms with E-state index in [0.717, 1.165) is 30.4 Å². The van der Waals surface area contributed by atoms with Gasteiger partial charge in [0.1, 0.15) is 6.61 Å². The van der Waals surface area contributed by atoms with Gasteiger partial charge < -0.3 is 4.74 Å². The van der Waals surface area contributed by atoms with E-state index in [4.69, 9.17) is 4.74 Å². The van der Waals surface area contributed by atoms with E-state index < -0.39 is 0 Å². The topological polar surface area (TPSA) is 42.4 Å². The first-order valence-electron chi connectivity index (χ1n) is 8.41. The first-order valence-corrected chi connectivity index (χ1v) is 8.41. The van der Waals surface area contributed by atoms with Crippen molar-refractivity contribution in [2.45, 2.75) is 38.0 Å². The Kier molecular flexibility index (Phi) is 4.03. The Morgan fingerprint density at radius 2 is 2.04 bits per heavy atom. The van der Waals surface area contributed by atoms with Gasteiger partial charge in [0.25, 0.3) is 0 Å². The molecular formula is C20H20N2O2. The molecule has 0 N–H and O–H groups in total. The van der Waals surface area contributed by atoms with Crippen LogP contribution in [0.15, 0.2) is 60.9 Å². The number of rotatable bonds is 3. The minimum Gasteiger partial charge on any atom is -0.445 e. The van der Waals surface area contributed by atoms with Crippen molar-refractivity contribution in [2.24, 2.45) is 0 Å². The number of amides is 1. The highest BCUT2D eigenvalue weighted by Gasteiger charge is 2.40. The number of ether oxygens (including phenoxy) is 1. The summed E-state index contributed by atoms with van der Waals surface area (Å²) in [6.07, 6.45) is 8.61. The third-order valence-corrected chi connectivity index (χ3v) is 4.84. The molecule has 24 heavy (non-hydrogen) atoms. The van der Waals surface area contributed by atoms with Crippen LogP contribution in [-0.2, 0) is 11.3 Å². The normalized spacial score (nSPS) is 22.2. The Bertz CT molecular complexity index is 743. The molecule has 4 heteroatoms. The maximum absolute atomic E-state index is 12.5. The number of hydrogen-bond acceptors (Lipinski definition) is 3. The molecule has 1 aromatic carbocycles. The SMILES string of the molecule is O=C(OCc1ccccc1)N1C2C=C(c3cccnc3)CC1CC2. The summed E-state index contributed by atoms with van der Waals surface area (Å²) >= 11 is 0. The molecule has 1 saturated heterocycles. The third kappa shape index (κ3) is 2.92. The van der Waals surface area contributed by atoms with Crippen molar-refractivity contribution in [3.8, 4) is 0 Å². The van der Waals surface area contributed by atoms with Crippen molar-refractivity contribution >= 4 is 11.7 Å². The van der Waals surface area contributed by atoms with Crippen molar-refractivity contribution in [1.29, 1.82) is 0 Å². The van der Waals surface area contributed by atoms with E-state index in [9.17, 15) is 4.79 Å². The number of benzene rings is 1. The minimum absolute atomic E-state index is 0.141. The van der Waals surface area contributed by atoms with Crippen LogP contribution in [0, 0.1) is 0 Å². The van der Waals surface area contributed by atoms with Gasteiger partial charge in [-0.1, -0.05) is 42.5 Å². The fourth-order valence-corrected chi connectivity index (χ4v) is 3.68. The van der Waals surface area contributed by atoms with Crippen LogP contribution in [0.25, 0.3) is 5.57 Å². The van der Waals surface area contributed by atoms with E-state index in [1.165, 1.54) is 5.57 Å². The second kappa shape index (κ2) is 6.48. The second-order valence-corrected chi connectivity index (χ2v) is 6.38. The average Bonchev–Trinajstić information content (AvgIpc) is 2.91. The van der Waals surface area contributed by atoms with Crippen molar-refractivity contribution in [3.05, 3.63) is 72.1 Å². The molecule has 0 saturated carbocycles. The lowest BCUT2D eigenvalue weighted by Gasteiger charge is -2.33. The molecule has 2 atom stereocenters. The lowest BCUT2D eigenvalue weighted by molar-refractivity contribution is 0.0832. The van der Waals surface area contributed by atoms with Crippen LogP contribution in [0.1, 0.15) is 30.4 Å². The Hall–Kier alpha value is -2.62. The summed E-state index contributed by atoms with van der Waals surface area (Å²) in [6.45, 7) is 0.328. The monoisotopic (exact) mass is 320 g/mol. The zero-order valence-electron chi connectivity index (χ0n) is 13.5. The molecule has 2 aliphatic rings. The van der Waals surface area contributed by atoms with E-state index >= 15 is 0 Å². The molecule has 3 heterocycles. The van der Waals surface area contributed by atoms with Gasteiger partial charge in [-0.25, -0.2) is 4.79 Å². The molecule has 1 fully saturated rings. The molecule has 0 spiro atoms. The first kappa shape index (κ1) is 14.9. The molecule has 1 amide bonds. The van der Waals surface area contributed by atoms with Crippen LogP contribution in [0.4, 0.5) is 4.79 Å². The second-order valence-electron chi connectivity index (χ2n) is 6.38. The lowest BCUT2D eigenvalue weighted by atomic mass is 9.96. The highest BCUT2D eigenvalue weighted by molar-refractivity contribution is 5.74. The number of fused-ring (bicyclic) bond motifs is 2. The lowest BCUT2D eigenvalue weighted by Crippen LogP contribution is -2.43. The highest BCUT2D eigenvalue weighted by Crippen LogP contribution is 2.38. The van der Waals surface area contributed by atoms with Gasteiger partial charge in [0.15, 0.2) is 0 Å². The highest BCUT2D eigenvalue weighted by atomic mass is 16.6. The van der Waals surface area contributed by atoms with Crippen molar-refractivity contribution < 1.29 is 9.53 Å². The molecule has 2 aliphatic heterocycles. The number of hydrogen-bond donors (Lipinski definition) is 0. The zero-order chi connectivity index (χ0) is 16.4. The summed E-state index contributed by atoms with van der Waals surface area (Å²) in [5.74, 6) is 0. The molecule has 0 aliphatic carbocycles. The molecule has 4 nitrogen and oxygen atoms in total. The van der Waals surface area contributed by atoms with E-state index in [-0.39, 0.29) is 18.2 Å². The Morgan fingerprint density at radius 1 is 1.17 bits per heavy atom. The Balaban J connectivity index is 1.46.